The lowest BCUT2D eigenvalue weighted by Gasteiger charge is -2.07. The summed E-state index contributed by atoms with van der Waals surface area (Å²) in [5.41, 5.74) is 40.2. The Labute approximate surface area is 794 Å². The van der Waals surface area contributed by atoms with Crippen molar-refractivity contribution in [3.8, 4) is 100 Å². The summed E-state index contributed by atoms with van der Waals surface area (Å²) in [6.07, 6.45) is 3.31. The molecule has 15 aromatic rings. The topological polar surface area (TPSA) is 0 Å². The molecule has 0 N–H and O–H groups in total. The zero-order chi connectivity index (χ0) is 97.9. The van der Waals surface area contributed by atoms with E-state index < -0.39 is 0 Å². The lowest BCUT2D eigenvalue weighted by Crippen LogP contribution is -1.82. The van der Waals surface area contributed by atoms with Crippen molar-refractivity contribution in [3.63, 3.8) is 0 Å². The molecule has 129 heavy (non-hydrogen) atoms. The third-order valence-corrected chi connectivity index (χ3v) is 19.1. The van der Waals surface area contributed by atoms with Crippen molar-refractivity contribution >= 4 is 0 Å². The molecule has 0 aliphatic heterocycles. The third kappa shape index (κ3) is 41.1. The van der Waals surface area contributed by atoms with Crippen LogP contribution in [0, 0.1) is 41.5 Å². The van der Waals surface area contributed by atoms with Gasteiger partial charge in [0, 0.05) is 0 Å². The smallest absolute Gasteiger partial charge is 0.00135 e. The number of rotatable bonds is 6. The molecule has 3 aliphatic rings. The van der Waals surface area contributed by atoms with Gasteiger partial charge in [-0.3, -0.25) is 0 Å². The highest BCUT2D eigenvalue weighted by molar-refractivity contribution is 5.80. The number of fused-ring (bicyclic) bond motifs is 9. The maximum atomic E-state index is 2.22. The quantitative estimate of drug-likeness (QED) is 0.156. The Bertz CT molecular complexity index is 4570. The summed E-state index contributed by atoms with van der Waals surface area (Å²) < 4.78 is 0. The molecule has 0 heterocycles. The highest BCUT2D eigenvalue weighted by atomic mass is 14.2. The maximum Gasteiger partial charge on any atom is -0.00135 e. The van der Waals surface area contributed by atoms with Crippen LogP contribution < -0.4 is 0 Å². The van der Waals surface area contributed by atoms with Crippen molar-refractivity contribution in [1.82, 2.24) is 0 Å². The standard InChI is InChI=1S/C26H22.C20H18.C14H14.3C13H10.15C2H6/c1-19-3-7-21(8-4-19)23-11-15-25(16-12-23)26-17-13-24(14-18-26)22-9-5-20(2)6-10-22;1-15-3-7-17(8-4-15)19-11-13-20(14-12-19)18-9-5-16(2)6-10-18;1-11-3-7-13(8-4-11)14-9-5-12(2)6-10-14;3*1-3-7-12-10(5-1)9-11-6-2-4-8-13(11)12;15*1-2/h3-18H,1-2H3;3-14H,1-2H3;3-10H,1-2H3;3*1-8H,9H2;15*1-2H3. The van der Waals surface area contributed by atoms with Crippen LogP contribution >= 0.6 is 0 Å². The van der Waals surface area contributed by atoms with E-state index in [0.717, 1.165) is 19.3 Å². The molecular weight excluding hydrogens is 1550 g/mol. The Kier molecular flexibility index (Phi) is 72.9. The van der Waals surface area contributed by atoms with Crippen molar-refractivity contribution in [2.75, 3.05) is 0 Å². The highest BCUT2D eigenvalue weighted by Gasteiger charge is 2.19. The molecule has 15 aromatic carbocycles. The Morgan fingerprint density at radius 2 is 0.178 bits per heavy atom. The molecule has 0 heteroatoms. The Hall–Kier alpha value is -11.7. The van der Waals surface area contributed by atoms with Gasteiger partial charge in [-0.1, -0.05) is 605 Å². The van der Waals surface area contributed by atoms with E-state index in [4.69, 9.17) is 0 Å². The Balaban J connectivity index is -0.00000141. The van der Waals surface area contributed by atoms with Gasteiger partial charge in [-0.15, -0.1) is 0 Å². The molecule has 0 saturated heterocycles. The fourth-order valence-electron chi connectivity index (χ4n) is 13.3. The van der Waals surface area contributed by atoms with Crippen molar-refractivity contribution in [3.05, 3.63) is 431 Å². The van der Waals surface area contributed by atoms with E-state index in [0.29, 0.717) is 0 Å². The monoisotopic (exact) mass is 1720 g/mol. The molecule has 0 aromatic heterocycles. The lowest BCUT2D eigenvalue weighted by molar-refractivity contribution is 1.26. The molecule has 0 saturated carbocycles. The van der Waals surface area contributed by atoms with Gasteiger partial charge < -0.3 is 0 Å². The van der Waals surface area contributed by atoms with Crippen LogP contribution in [0.1, 0.15) is 274 Å². The Morgan fingerprint density at radius 1 is 0.101 bits per heavy atom. The molecule has 0 unspecified atom stereocenters. The lowest BCUT2D eigenvalue weighted by atomic mass is 9.97. The number of hydrogen-bond acceptors (Lipinski definition) is 0. The summed E-state index contributed by atoms with van der Waals surface area (Å²) in [5, 5.41) is 0. The molecule has 690 valence electrons. The van der Waals surface area contributed by atoms with Gasteiger partial charge in [-0.05, 0) is 194 Å². The zero-order valence-electron chi connectivity index (χ0n) is 87.8. The summed E-state index contributed by atoms with van der Waals surface area (Å²) in [5.74, 6) is 0. The molecule has 3 aliphatic carbocycles. The normalized spacial score (nSPS) is 9.30. The fourth-order valence-corrected chi connectivity index (χ4v) is 13.3. The van der Waals surface area contributed by atoms with Crippen molar-refractivity contribution in [1.29, 1.82) is 0 Å². The summed E-state index contributed by atoms with van der Waals surface area (Å²) in [7, 11) is 0. The minimum absolute atomic E-state index is 1.10. The van der Waals surface area contributed by atoms with E-state index in [9.17, 15) is 0 Å². The minimum atomic E-state index is 1.10. The van der Waals surface area contributed by atoms with Gasteiger partial charge in [0.15, 0.2) is 0 Å². The summed E-state index contributed by atoms with van der Waals surface area (Å²) >= 11 is 0. The van der Waals surface area contributed by atoms with E-state index in [-0.39, 0.29) is 0 Å². The molecule has 0 spiro atoms. The van der Waals surface area contributed by atoms with E-state index in [2.05, 4.69) is 406 Å². The summed E-state index contributed by atoms with van der Waals surface area (Å²) in [6.45, 7) is 72.7. The second-order valence-corrected chi connectivity index (χ2v) is 26.4. The molecule has 0 atom stereocenters. The second-order valence-electron chi connectivity index (χ2n) is 26.4. The average molecular weight is 1720 g/mol. The first-order valence-corrected chi connectivity index (χ1v) is 49.7. The van der Waals surface area contributed by atoms with Gasteiger partial charge in [0.05, 0.1) is 0 Å². The molecule has 18 rings (SSSR count). The van der Waals surface area contributed by atoms with Crippen LogP contribution in [0.5, 0.6) is 0 Å². The molecule has 0 fully saturated rings. The van der Waals surface area contributed by atoms with Gasteiger partial charge >= 0.3 is 0 Å². The van der Waals surface area contributed by atoms with Crippen molar-refractivity contribution < 1.29 is 0 Å². The fraction of sp³-hybridized carbons (Fsp3) is 0.302. The molecule has 0 radical (unpaired) electrons. The summed E-state index contributed by atoms with van der Waals surface area (Å²) in [6, 6.07) is 130. The summed E-state index contributed by atoms with van der Waals surface area (Å²) in [4.78, 5) is 0. The molecule has 0 amide bonds. The van der Waals surface area contributed by atoms with Crippen LogP contribution in [-0.2, 0) is 19.3 Å². The van der Waals surface area contributed by atoms with Crippen LogP contribution in [0.3, 0.4) is 0 Å². The van der Waals surface area contributed by atoms with Crippen LogP contribution in [0.2, 0.25) is 0 Å². The minimum Gasteiger partial charge on any atom is -0.0683 e. The van der Waals surface area contributed by atoms with E-state index in [1.165, 1.54) is 167 Å². The van der Waals surface area contributed by atoms with E-state index in [1.807, 2.05) is 208 Å². The van der Waals surface area contributed by atoms with Gasteiger partial charge in [-0.25, -0.2) is 0 Å². The van der Waals surface area contributed by atoms with Crippen molar-refractivity contribution in [2.24, 2.45) is 0 Å². The van der Waals surface area contributed by atoms with Crippen LogP contribution in [-0.4, -0.2) is 0 Å². The van der Waals surface area contributed by atoms with Crippen LogP contribution in [0.15, 0.2) is 364 Å². The molecule has 0 nitrogen and oxygen atoms in total. The first-order chi connectivity index (χ1) is 63.5. The maximum absolute atomic E-state index is 2.22. The van der Waals surface area contributed by atoms with Gasteiger partial charge in [-0.2, -0.15) is 0 Å². The third-order valence-electron chi connectivity index (χ3n) is 19.1. The number of aryl methyl sites for hydroxylation is 6. The first-order valence-electron chi connectivity index (χ1n) is 49.7. The Morgan fingerprint density at radius 3 is 0.271 bits per heavy atom. The highest BCUT2D eigenvalue weighted by Crippen LogP contribution is 2.39. The predicted molar refractivity (Wildman–Crippen MR) is 595 cm³/mol. The van der Waals surface area contributed by atoms with Gasteiger partial charge in [0.2, 0.25) is 0 Å². The zero-order valence-corrected chi connectivity index (χ0v) is 87.8. The predicted octanol–water partition coefficient (Wildman–Crippen LogP) is 42.1. The van der Waals surface area contributed by atoms with Crippen molar-refractivity contribution in [2.45, 2.75) is 269 Å². The first kappa shape index (κ1) is 121. The largest absolute Gasteiger partial charge is 0.0683 e. The van der Waals surface area contributed by atoms with Gasteiger partial charge in [0.25, 0.3) is 0 Å². The molecule has 0 bridgehead atoms. The van der Waals surface area contributed by atoms with E-state index >= 15 is 0 Å². The number of benzene rings is 15. The second kappa shape index (κ2) is 77.4. The van der Waals surface area contributed by atoms with E-state index in [1.54, 1.807) is 0 Å². The molecular formula is C129H174. The number of hydrogen-bond donors (Lipinski definition) is 0. The average Bonchev–Trinajstić information content (AvgIpc) is 1.68. The van der Waals surface area contributed by atoms with Crippen LogP contribution in [0.25, 0.3) is 100 Å². The SMILES string of the molecule is CC.CC.CC.CC.CC.CC.CC.CC.CC.CC.CC.CC.CC.CC.CC.Cc1ccc(-c2ccc(-c3ccc(-c4ccc(C)cc4)cc3)cc2)cc1.Cc1ccc(-c2ccc(-c3ccc(C)cc3)cc2)cc1.Cc1ccc(-c2ccc(C)cc2)cc1.c1ccc2c(c1)Cc1ccccc1-2.c1ccc2c(c1)Cc1ccccc1-2.c1ccc2c(c1)Cc1ccccc1-2. The van der Waals surface area contributed by atoms with Gasteiger partial charge in [0.1, 0.15) is 0 Å². The van der Waals surface area contributed by atoms with Crippen LogP contribution in [0.4, 0.5) is 0 Å².